The first-order valence-corrected chi connectivity index (χ1v) is 6.64. The van der Waals surface area contributed by atoms with Crippen LogP contribution in [0.2, 0.25) is 0 Å². The highest BCUT2D eigenvalue weighted by Crippen LogP contribution is 2.30. The number of aromatic carboxylic acids is 1. The van der Waals surface area contributed by atoms with Crippen LogP contribution < -0.4 is 10.6 Å². The molecule has 0 radical (unpaired) electrons. The molecule has 0 amide bonds. The second-order valence-electron chi connectivity index (χ2n) is 5.31. The number of benzene rings is 1. The maximum absolute atomic E-state index is 13.5. The first-order valence-electron chi connectivity index (χ1n) is 6.64. The van der Waals surface area contributed by atoms with E-state index >= 15 is 0 Å². The summed E-state index contributed by atoms with van der Waals surface area (Å²) < 4.78 is 13.5. The van der Waals surface area contributed by atoms with Crippen LogP contribution in [-0.4, -0.2) is 49.2 Å². The minimum atomic E-state index is -1.20. The van der Waals surface area contributed by atoms with Gasteiger partial charge in [0.05, 0.1) is 11.4 Å². The third-order valence-corrected chi connectivity index (χ3v) is 4.00. The van der Waals surface area contributed by atoms with Crippen molar-refractivity contribution < 1.29 is 14.3 Å². The van der Waals surface area contributed by atoms with Gasteiger partial charge in [-0.2, -0.15) is 0 Å². The molecule has 2 rings (SSSR count). The van der Waals surface area contributed by atoms with E-state index in [0.29, 0.717) is 5.69 Å². The zero-order valence-electron chi connectivity index (χ0n) is 11.8. The van der Waals surface area contributed by atoms with Gasteiger partial charge in [0.1, 0.15) is 11.4 Å². The fourth-order valence-corrected chi connectivity index (χ4v) is 2.68. The van der Waals surface area contributed by atoms with E-state index in [1.807, 2.05) is 11.9 Å². The van der Waals surface area contributed by atoms with Gasteiger partial charge in [-0.3, -0.25) is 0 Å². The Labute approximate surface area is 117 Å². The van der Waals surface area contributed by atoms with Gasteiger partial charge in [0.2, 0.25) is 0 Å². The van der Waals surface area contributed by atoms with Crippen LogP contribution in [0.4, 0.5) is 15.8 Å². The van der Waals surface area contributed by atoms with Crippen molar-refractivity contribution in [3.05, 3.63) is 23.5 Å². The van der Waals surface area contributed by atoms with Crippen LogP contribution in [0, 0.1) is 5.82 Å². The Morgan fingerprint density at radius 2 is 2.05 bits per heavy atom. The number of carbonyl (C=O) groups is 1. The Balaban J connectivity index is 2.32. The van der Waals surface area contributed by atoms with Crippen LogP contribution in [0.1, 0.15) is 23.2 Å². The second-order valence-corrected chi connectivity index (χ2v) is 5.31. The lowest BCUT2D eigenvalue weighted by Gasteiger charge is -2.37. The third-order valence-electron chi connectivity index (χ3n) is 4.00. The van der Waals surface area contributed by atoms with Gasteiger partial charge < -0.3 is 20.6 Å². The van der Waals surface area contributed by atoms with E-state index in [2.05, 4.69) is 11.9 Å². The van der Waals surface area contributed by atoms with Gasteiger partial charge in [0, 0.05) is 13.1 Å². The molecule has 0 unspecified atom stereocenters. The van der Waals surface area contributed by atoms with Crippen molar-refractivity contribution in [2.75, 3.05) is 37.8 Å². The molecule has 1 aliphatic rings. The SMILES string of the molecule is CN1CCC(N(C)c2ccc(F)c(N)c2C(=O)O)CC1. The standard InChI is InChI=1S/C14H20FN3O2/c1-17-7-5-9(6-8-17)18(2)11-4-3-10(15)13(16)12(11)14(19)20/h3-4,9H,5-8,16H2,1-2H3,(H,19,20). The number of nitrogens with zero attached hydrogens (tertiary/aromatic N) is 2. The number of carboxylic acid groups (broad SMARTS) is 1. The molecule has 20 heavy (non-hydrogen) atoms. The summed E-state index contributed by atoms with van der Waals surface area (Å²) in [6.45, 7) is 1.93. The molecule has 0 atom stereocenters. The van der Waals surface area contributed by atoms with Crippen molar-refractivity contribution in [2.24, 2.45) is 0 Å². The molecule has 110 valence electrons. The first-order chi connectivity index (χ1) is 9.41. The number of nitrogen functional groups attached to an aromatic ring is 1. The highest BCUT2D eigenvalue weighted by Gasteiger charge is 2.26. The van der Waals surface area contributed by atoms with Gasteiger partial charge in [-0.05, 0) is 45.1 Å². The number of carboxylic acids is 1. The monoisotopic (exact) mass is 281 g/mol. The van der Waals surface area contributed by atoms with Gasteiger partial charge in [-0.1, -0.05) is 0 Å². The van der Waals surface area contributed by atoms with Gasteiger partial charge in [-0.25, -0.2) is 9.18 Å². The Morgan fingerprint density at radius 1 is 1.45 bits per heavy atom. The number of likely N-dealkylation sites (tertiary alicyclic amines) is 1. The average molecular weight is 281 g/mol. The van der Waals surface area contributed by atoms with Gasteiger partial charge in [0.15, 0.2) is 0 Å². The summed E-state index contributed by atoms with van der Waals surface area (Å²) in [6.07, 6.45) is 1.90. The van der Waals surface area contributed by atoms with Gasteiger partial charge in [-0.15, -0.1) is 0 Å². The number of halogens is 1. The molecule has 5 nitrogen and oxygen atoms in total. The van der Waals surface area contributed by atoms with Crippen LogP contribution >= 0.6 is 0 Å². The molecule has 0 aliphatic carbocycles. The molecule has 1 aromatic rings. The summed E-state index contributed by atoms with van der Waals surface area (Å²) in [6, 6.07) is 2.96. The number of rotatable bonds is 3. The van der Waals surface area contributed by atoms with Crippen molar-refractivity contribution in [3.63, 3.8) is 0 Å². The van der Waals surface area contributed by atoms with Crippen molar-refractivity contribution in [3.8, 4) is 0 Å². The largest absolute Gasteiger partial charge is 0.478 e. The van der Waals surface area contributed by atoms with Crippen molar-refractivity contribution in [2.45, 2.75) is 18.9 Å². The molecule has 1 saturated heterocycles. The quantitative estimate of drug-likeness (QED) is 0.824. The Hall–Kier alpha value is -1.82. The van der Waals surface area contributed by atoms with E-state index in [4.69, 9.17) is 5.73 Å². The number of hydrogen-bond acceptors (Lipinski definition) is 4. The molecule has 1 heterocycles. The van der Waals surface area contributed by atoms with E-state index in [-0.39, 0.29) is 17.3 Å². The highest BCUT2D eigenvalue weighted by molar-refractivity contribution is 6.00. The summed E-state index contributed by atoms with van der Waals surface area (Å²) in [7, 11) is 3.91. The minimum absolute atomic E-state index is 0.147. The summed E-state index contributed by atoms with van der Waals surface area (Å²) in [5, 5.41) is 9.28. The Morgan fingerprint density at radius 3 is 2.60 bits per heavy atom. The van der Waals surface area contributed by atoms with E-state index in [1.165, 1.54) is 12.1 Å². The van der Waals surface area contributed by atoms with Crippen molar-refractivity contribution in [1.29, 1.82) is 0 Å². The molecule has 3 N–H and O–H groups in total. The van der Waals surface area contributed by atoms with Crippen LogP contribution in [0.5, 0.6) is 0 Å². The Kier molecular flexibility index (Phi) is 4.13. The molecular formula is C14H20FN3O2. The van der Waals surface area contributed by atoms with Crippen molar-refractivity contribution >= 4 is 17.3 Å². The molecule has 0 aromatic heterocycles. The summed E-state index contributed by atoms with van der Waals surface area (Å²) >= 11 is 0. The molecule has 0 spiro atoms. The number of nitrogens with two attached hydrogens (primary N) is 1. The average Bonchev–Trinajstić information content (AvgIpc) is 2.41. The predicted molar refractivity (Wildman–Crippen MR) is 76.7 cm³/mol. The number of hydrogen-bond donors (Lipinski definition) is 2. The molecule has 0 bridgehead atoms. The summed E-state index contributed by atoms with van der Waals surface area (Å²) in [4.78, 5) is 15.5. The molecular weight excluding hydrogens is 261 g/mol. The predicted octanol–water partition coefficient (Wildman–Crippen LogP) is 1.64. The van der Waals surface area contributed by atoms with E-state index in [0.717, 1.165) is 25.9 Å². The summed E-state index contributed by atoms with van der Waals surface area (Å²) in [5.74, 6) is -1.89. The normalized spacial score (nSPS) is 17.1. The minimum Gasteiger partial charge on any atom is -0.478 e. The fourth-order valence-electron chi connectivity index (χ4n) is 2.68. The third kappa shape index (κ3) is 2.70. The van der Waals surface area contributed by atoms with Crippen LogP contribution in [0.25, 0.3) is 0 Å². The number of piperidine rings is 1. The first kappa shape index (κ1) is 14.6. The second kappa shape index (κ2) is 5.66. The van der Waals surface area contributed by atoms with E-state index in [9.17, 15) is 14.3 Å². The lowest BCUT2D eigenvalue weighted by atomic mass is 10.0. The van der Waals surface area contributed by atoms with Crippen LogP contribution in [0.15, 0.2) is 12.1 Å². The van der Waals surface area contributed by atoms with Crippen LogP contribution in [0.3, 0.4) is 0 Å². The molecule has 6 heteroatoms. The molecule has 1 aliphatic heterocycles. The lowest BCUT2D eigenvalue weighted by Crippen LogP contribution is -2.42. The maximum atomic E-state index is 13.5. The van der Waals surface area contributed by atoms with E-state index < -0.39 is 11.8 Å². The molecule has 0 saturated carbocycles. The van der Waals surface area contributed by atoms with Gasteiger partial charge >= 0.3 is 5.97 Å². The zero-order valence-corrected chi connectivity index (χ0v) is 11.8. The van der Waals surface area contributed by atoms with E-state index in [1.54, 1.807) is 0 Å². The smallest absolute Gasteiger partial charge is 0.340 e. The zero-order chi connectivity index (χ0) is 14.9. The molecule has 1 fully saturated rings. The Bertz CT molecular complexity index is 513. The maximum Gasteiger partial charge on any atom is 0.340 e. The van der Waals surface area contributed by atoms with Crippen molar-refractivity contribution in [1.82, 2.24) is 4.90 Å². The molecule has 1 aromatic carbocycles. The van der Waals surface area contributed by atoms with Gasteiger partial charge in [0.25, 0.3) is 0 Å². The lowest BCUT2D eigenvalue weighted by molar-refractivity contribution is 0.0698. The number of anilines is 2. The topological polar surface area (TPSA) is 69.8 Å². The fraction of sp³-hybridized carbons (Fsp3) is 0.500. The highest BCUT2D eigenvalue weighted by atomic mass is 19.1. The summed E-state index contributed by atoms with van der Waals surface area (Å²) in [5.41, 5.74) is 5.62. The van der Waals surface area contributed by atoms with Crippen LogP contribution in [-0.2, 0) is 0 Å².